The lowest BCUT2D eigenvalue weighted by atomic mass is 10.3. The lowest BCUT2D eigenvalue weighted by Gasteiger charge is -2.07. The van der Waals surface area contributed by atoms with Crippen LogP contribution in [-0.2, 0) is 21.0 Å². The van der Waals surface area contributed by atoms with Crippen molar-refractivity contribution in [2.45, 2.75) is 13.7 Å². The molecule has 0 fully saturated rings. The molecule has 7 nitrogen and oxygen atoms in total. The van der Waals surface area contributed by atoms with Crippen LogP contribution < -0.4 is 11.2 Å². The Morgan fingerprint density at radius 1 is 1.53 bits per heavy atom. The molecule has 0 amide bonds. The molecular formula is C11H13BrN2O5. The van der Waals surface area contributed by atoms with Crippen LogP contribution in [0.25, 0.3) is 6.08 Å². The summed E-state index contributed by atoms with van der Waals surface area (Å²) < 4.78 is 10.8. The summed E-state index contributed by atoms with van der Waals surface area (Å²) in [6, 6.07) is 0. The van der Waals surface area contributed by atoms with E-state index in [9.17, 15) is 14.4 Å². The summed E-state index contributed by atoms with van der Waals surface area (Å²) in [5.74, 6) is -0.513. The van der Waals surface area contributed by atoms with Gasteiger partial charge in [0.25, 0.3) is 5.56 Å². The largest absolute Gasteiger partial charge is 0.464 e. The van der Waals surface area contributed by atoms with E-state index >= 15 is 0 Å². The van der Waals surface area contributed by atoms with Crippen molar-refractivity contribution < 1.29 is 14.3 Å². The normalized spacial score (nSPS) is 10.8. The van der Waals surface area contributed by atoms with Crippen molar-refractivity contribution in [2.75, 3.05) is 13.2 Å². The molecule has 0 bridgehead atoms. The van der Waals surface area contributed by atoms with Gasteiger partial charge in [-0.05, 0) is 18.0 Å². The standard InChI is InChI=1S/C11H13BrN2O5/c1-2-19-9(15)6-18-7-14-5-8(3-4-12)10(16)13-11(14)17/h3-5H,2,6-7H2,1H3,(H,13,16,17)/b4-3+. The zero-order valence-corrected chi connectivity index (χ0v) is 11.8. The first-order chi connectivity index (χ1) is 9.08. The molecular weight excluding hydrogens is 320 g/mol. The highest BCUT2D eigenvalue weighted by atomic mass is 79.9. The highest BCUT2D eigenvalue weighted by molar-refractivity contribution is 9.11. The highest BCUT2D eigenvalue weighted by Crippen LogP contribution is 1.95. The summed E-state index contributed by atoms with van der Waals surface area (Å²) in [6.07, 6.45) is 2.82. The second kappa shape index (κ2) is 7.70. The summed E-state index contributed by atoms with van der Waals surface area (Å²) in [5.41, 5.74) is -0.820. The minimum atomic E-state index is -0.611. The Labute approximate surface area is 117 Å². The summed E-state index contributed by atoms with van der Waals surface area (Å²) in [4.78, 5) is 37.5. The first-order valence-corrected chi connectivity index (χ1v) is 6.34. The first kappa shape index (κ1) is 15.4. The quantitative estimate of drug-likeness (QED) is 0.763. The molecule has 0 unspecified atom stereocenters. The number of esters is 1. The Hall–Kier alpha value is -1.67. The van der Waals surface area contributed by atoms with Gasteiger partial charge in [-0.1, -0.05) is 15.9 Å². The van der Waals surface area contributed by atoms with Gasteiger partial charge in [0.05, 0.1) is 12.2 Å². The van der Waals surface area contributed by atoms with Crippen molar-refractivity contribution in [3.8, 4) is 0 Å². The maximum atomic E-state index is 11.5. The molecule has 1 rings (SSSR count). The fourth-order valence-corrected chi connectivity index (χ4v) is 1.52. The monoisotopic (exact) mass is 332 g/mol. The van der Waals surface area contributed by atoms with Crippen LogP contribution in [0.4, 0.5) is 0 Å². The molecule has 0 saturated carbocycles. The zero-order chi connectivity index (χ0) is 14.3. The molecule has 0 aliphatic rings. The van der Waals surface area contributed by atoms with Gasteiger partial charge in [-0.25, -0.2) is 9.59 Å². The second-order valence-electron chi connectivity index (χ2n) is 3.39. The van der Waals surface area contributed by atoms with E-state index in [4.69, 9.17) is 4.74 Å². The Kier molecular flexibility index (Phi) is 6.23. The van der Waals surface area contributed by atoms with E-state index in [0.29, 0.717) is 0 Å². The molecule has 19 heavy (non-hydrogen) atoms. The Morgan fingerprint density at radius 3 is 2.89 bits per heavy atom. The smallest absolute Gasteiger partial charge is 0.332 e. The maximum Gasteiger partial charge on any atom is 0.332 e. The van der Waals surface area contributed by atoms with Crippen LogP contribution in [0, 0.1) is 0 Å². The number of H-pyrrole nitrogens is 1. The van der Waals surface area contributed by atoms with Crippen LogP contribution in [0.15, 0.2) is 20.8 Å². The number of halogens is 1. The van der Waals surface area contributed by atoms with Crippen LogP contribution in [0.1, 0.15) is 12.5 Å². The van der Waals surface area contributed by atoms with Crippen molar-refractivity contribution in [3.05, 3.63) is 37.6 Å². The maximum absolute atomic E-state index is 11.5. The van der Waals surface area contributed by atoms with E-state index < -0.39 is 17.2 Å². The summed E-state index contributed by atoms with van der Waals surface area (Å²) in [5, 5.41) is 0. The van der Waals surface area contributed by atoms with Crippen molar-refractivity contribution in [1.29, 1.82) is 0 Å². The van der Waals surface area contributed by atoms with E-state index in [2.05, 4.69) is 25.7 Å². The number of nitrogens with one attached hydrogen (secondary N) is 1. The average Bonchev–Trinajstić information content (AvgIpc) is 2.35. The van der Waals surface area contributed by atoms with Gasteiger partial charge in [-0.3, -0.25) is 14.3 Å². The lowest BCUT2D eigenvalue weighted by molar-refractivity contribution is -0.149. The molecule has 0 aliphatic heterocycles. The number of nitrogens with zero attached hydrogens (tertiary/aromatic N) is 1. The Balaban J connectivity index is 2.73. The van der Waals surface area contributed by atoms with Gasteiger partial charge in [0.15, 0.2) is 0 Å². The number of ether oxygens (including phenoxy) is 2. The summed E-state index contributed by atoms with van der Waals surface area (Å²) in [7, 11) is 0. The molecule has 0 aromatic carbocycles. The van der Waals surface area contributed by atoms with Gasteiger partial charge in [0.2, 0.25) is 0 Å². The minimum absolute atomic E-state index is 0.155. The van der Waals surface area contributed by atoms with E-state index in [1.807, 2.05) is 0 Å². The van der Waals surface area contributed by atoms with E-state index in [0.717, 1.165) is 4.57 Å². The van der Waals surface area contributed by atoms with Crippen LogP contribution in [0.2, 0.25) is 0 Å². The molecule has 104 valence electrons. The third-order valence-electron chi connectivity index (χ3n) is 2.04. The van der Waals surface area contributed by atoms with Crippen molar-refractivity contribution in [3.63, 3.8) is 0 Å². The predicted molar refractivity (Wildman–Crippen MR) is 71.9 cm³/mol. The Bertz CT molecular complexity index is 575. The molecule has 0 radical (unpaired) electrons. The first-order valence-electron chi connectivity index (χ1n) is 5.42. The predicted octanol–water partition coefficient (Wildman–Crippen LogP) is 0.439. The van der Waals surface area contributed by atoms with Gasteiger partial charge in [0, 0.05) is 6.20 Å². The fraction of sp³-hybridized carbons (Fsp3) is 0.364. The molecule has 0 aliphatic carbocycles. The number of rotatable bonds is 6. The van der Waals surface area contributed by atoms with Crippen molar-refractivity contribution in [2.24, 2.45) is 0 Å². The zero-order valence-electron chi connectivity index (χ0n) is 10.2. The number of carbonyl (C=O) groups is 1. The lowest BCUT2D eigenvalue weighted by Crippen LogP contribution is -2.32. The SMILES string of the molecule is CCOC(=O)COCn1cc(/C=C/Br)c(=O)[nH]c1=O. The number of hydrogen-bond donors (Lipinski definition) is 1. The third-order valence-corrected chi connectivity index (χ3v) is 2.30. The molecule has 0 atom stereocenters. The van der Waals surface area contributed by atoms with E-state index in [1.54, 1.807) is 6.92 Å². The molecule has 1 N–H and O–H groups in total. The third kappa shape index (κ3) is 4.84. The molecule has 0 saturated heterocycles. The Morgan fingerprint density at radius 2 is 2.26 bits per heavy atom. The van der Waals surface area contributed by atoms with Crippen LogP contribution in [0.3, 0.4) is 0 Å². The van der Waals surface area contributed by atoms with Crippen molar-refractivity contribution in [1.82, 2.24) is 9.55 Å². The number of aromatic amines is 1. The summed E-state index contributed by atoms with van der Waals surface area (Å²) >= 11 is 3.04. The number of carbonyl (C=O) groups excluding carboxylic acids is 1. The fourth-order valence-electron chi connectivity index (χ4n) is 1.24. The average molecular weight is 333 g/mol. The van der Waals surface area contributed by atoms with Crippen LogP contribution in [-0.4, -0.2) is 28.7 Å². The number of hydrogen-bond acceptors (Lipinski definition) is 5. The van der Waals surface area contributed by atoms with Gasteiger partial charge in [-0.15, -0.1) is 0 Å². The molecule has 0 spiro atoms. The minimum Gasteiger partial charge on any atom is -0.464 e. The molecule has 1 heterocycles. The van der Waals surface area contributed by atoms with Crippen molar-refractivity contribution >= 4 is 28.0 Å². The highest BCUT2D eigenvalue weighted by Gasteiger charge is 2.04. The number of aromatic nitrogens is 2. The summed E-state index contributed by atoms with van der Waals surface area (Å²) in [6.45, 7) is 1.53. The van der Waals surface area contributed by atoms with Gasteiger partial charge >= 0.3 is 11.7 Å². The van der Waals surface area contributed by atoms with E-state index in [1.165, 1.54) is 17.3 Å². The molecule has 8 heteroatoms. The molecule has 1 aromatic rings. The molecule has 1 aromatic heterocycles. The van der Waals surface area contributed by atoms with Crippen LogP contribution >= 0.6 is 15.9 Å². The van der Waals surface area contributed by atoms with Crippen LogP contribution in [0.5, 0.6) is 0 Å². The van der Waals surface area contributed by atoms with Gasteiger partial charge < -0.3 is 9.47 Å². The van der Waals surface area contributed by atoms with Gasteiger partial charge in [-0.2, -0.15) is 0 Å². The topological polar surface area (TPSA) is 90.4 Å². The second-order valence-corrected chi connectivity index (χ2v) is 3.92. The van der Waals surface area contributed by atoms with Gasteiger partial charge in [0.1, 0.15) is 13.3 Å². The van der Waals surface area contributed by atoms with E-state index in [-0.39, 0.29) is 25.5 Å².